The van der Waals surface area contributed by atoms with Crippen molar-refractivity contribution in [2.24, 2.45) is 0 Å². The molecule has 0 saturated heterocycles. The van der Waals surface area contributed by atoms with Crippen LogP contribution in [-0.2, 0) is 12.8 Å². The third-order valence-corrected chi connectivity index (χ3v) is 2.63. The minimum Gasteiger partial charge on any atom is -0.0654 e. The fourth-order valence-corrected chi connectivity index (χ4v) is 1.68. The molecule has 0 heterocycles. The molecule has 0 aliphatic rings. The van der Waals surface area contributed by atoms with Crippen molar-refractivity contribution in [1.82, 2.24) is 0 Å². The largest absolute Gasteiger partial charge is 0.0654 e. The SMILES string of the molecule is CCCCCCc1[c]ccc(CC)c1. The molecular weight excluding hydrogens is 168 g/mol. The molecule has 0 aliphatic carbocycles. The first-order chi connectivity index (χ1) is 6.86. The molecule has 1 aromatic rings. The summed E-state index contributed by atoms with van der Waals surface area (Å²) in [6.07, 6.45) is 7.70. The van der Waals surface area contributed by atoms with Gasteiger partial charge in [-0.25, -0.2) is 0 Å². The van der Waals surface area contributed by atoms with E-state index in [9.17, 15) is 0 Å². The smallest absolute Gasteiger partial charge is 0.0149 e. The second-order valence-corrected chi connectivity index (χ2v) is 3.89. The van der Waals surface area contributed by atoms with Crippen LogP contribution >= 0.6 is 0 Å². The van der Waals surface area contributed by atoms with Crippen LogP contribution in [0.25, 0.3) is 0 Å². The average molecular weight is 189 g/mol. The van der Waals surface area contributed by atoms with Crippen LogP contribution in [-0.4, -0.2) is 0 Å². The summed E-state index contributed by atoms with van der Waals surface area (Å²) in [6, 6.07) is 9.84. The first kappa shape index (κ1) is 11.3. The number of hydrogen-bond donors (Lipinski definition) is 0. The maximum atomic E-state index is 3.32. The van der Waals surface area contributed by atoms with Crippen molar-refractivity contribution in [3.63, 3.8) is 0 Å². The van der Waals surface area contributed by atoms with Gasteiger partial charge < -0.3 is 0 Å². The van der Waals surface area contributed by atoms with Gasteiger partial charge in [0, 0.05) is 0 Å². The Balaban J connectivity index is 2.34. The lowest BCUT2D eigenvalue weighted by molar-refractivity contribution is 0.666. The Bertz CT molecular complexity index is 250. The fourth-order valence-electron chi connectivity index (χ4n) is 1.68. The van der Waals surface area contributed by atoms with Crippen molar-refractivity contribution in [1.29, 1.82) is 0 Å². The summed E-state index contributed by atoms with van der Waals surface area (Å²) in [5.74, 6) is 0. The Morgan fingerprint density at radius 2 is 2.00 bits per heavy atom. The number of rotatable bonds is 6. The van der Waals surface area contributed by atoms with Gasteiger partial charge in [-0.05, 0) is 36.5 Å². The maximum absolute atomic E-state index is 3.32. The molecule has 0 aliphatic heterocycles. The normalized spacial score (nSPS) is 10.4. The molecule has 0 N–H and O–H groups in total. The van der Waals surface area contributed by atoms with E-state index in [4.69, 9.17) is 0 Å². The van der Waals surface area contributed by atoms with E-state index < -0.39 is 0 Å². The van der Waals surface area contributed by atoms with Gasteiger partial charge in [0.1, 0.15) is 0 Å². The van der Waals surface area contributed by atoms with E-state index in [1.165, 1.54) is 43.2 Å². The lowest BCUT2D eigenvalue weighted by Gasteiger charge is -2.02. The van der Waals surface area contributed by atoms with Crippen LogP contribution in [0.15, 0.2) is 18.2 Å². The third-order valence-electron chi connectivity index (χ3n) is 2.63. The molecule has 0 bridgehead atoms. The van der Waals surface area contributed by atoms with Crippen LogP contribution in [0.3, 0.4) is 0 Å². The molecule has 0 fully saturated rings. The topological polar surface area (TPSA) is 0 Å². The van der Waals surface area contributed by atoms with Gasteiger partial charge in [0.05, 0.1) is 0 Å². The van der Waals surface area contributed by atoms with Crippen LogP contribution in [0.4, 0.5) is 0 Å². The van der Waals surface area contributed by atoms with Crippen molar-refractivity contribution < 1.29 is 0 Å². The molecule has 0 spiro atoms. The van der Waals surface area contributed by atoms with Gasteiger partial charge in [0.15, 0.2) is 0 Å². The highest BCUT2D eigenvalue weighted by atomic mass is 14.0. The van der Waals surface area contributed by atoms with Gasteiger partial charge in [-0.1, -0.05) is 51.3 Å². The maximum Gasteiger partial charge on any atom is -0.0149 e. The molecule has 0 unspecified atom stereocenters. The highest BCUT2D eigenvalue weighted by molar-refractivity contribution is 5.22. The molecule has 0 heteroatoms. The highest BCUT2D eigenvalue weighted by Crippen LogP contribution is 2.10. The Hall–Kier alpha value is -0.780. The molecule has 0 atom stereocenters. The van der Waals surface area contributed by atoms with Gasteiger partial charge >= 0.3 is 0 Å². The summed E-state index contributed by atoms with van der Waals surface area (Å²) < 4.78 is 0. The molecule has 0 saturated carbocycles. The fraction of sp³-hybridized carbons (Fsp3) is 0.571. The summed E-state index contributed by atoms with van der Waals surface area (Å²) >= 11 is 0. The van der Waals surface area contributed by atoms with Crippen LogP contribution in [0.1, 0.15) is 50.7 Å². The van der Waals surface area contributed by atoms with Gasteiger partial charge in [0.25, 0.3) is 0 Å². The summed E-state index contributed by atoms with van der Waals surface area (Å²) in [6.45, 7) is 4.46. The third kappa shape index (κ3) is 3.95. The zero-order valence-electron chi connectivity index (χ0n) is 9.47. The van der Waals surface area contributed by atoms with E-state index >= 15 is 0 Å². The molecule has 1 radical (unpaired) electrons. The standard InChI is InChI=1S/C14H21/c1-3-5-6-7-9-14-11-8-10-13(4-2)12-14/h8,10,12H,3-7,9H2,1-2H3. The molecule has 0 amide bonds. The zero-order chi connectivity index (χ0) is 10.2. The second-order valence-electron chi connectivity index (χ2n) is 3.89. The molecule has 1 rings (SSSR count). The molecule has 0 nitrogen and oxygen atoms in total. The Morgan fingerprint density at radius 1 is 1.14 bits per heavy atom. The van der Waals surface area contributed by atoms with E-state index in [1.54, 1.807) is 0 Å². The average Bonchev–Trinajstić information content (AvgIpc) is 2.25. The number of unbranched alkanes of at least 4 members (excludes halogenated alkanes) is 3. The van der Waals surface area contributed by atoms with Crippen molar-refractivity contribution in [2.75, 3.05) is 0 Å². The van der Waals surface area contributed by atoms with Gasteiger partial charge in [-0.3, -0.25) is 0 Å². The molecule has 0 aromatic heterocycles. The molecular formula is C14H21. The first-order valence-corrected chi connectivity index (χ1v) is 5.86. The minimum atomic E-state index is 1.14. The van der Waals surface area contributed by atoms with Crippen LogP contribution in [0, 0.1) is 6.07 Å². The van der Waals surface area contributed by atoms with Crippen LogP contribution in [0.5, 0.6) is 0 Å². The van der Waals surface area contributed by atoms with E-state index in [1.807, 2.05) is 0 Å². The van der Waals surface area contributed by atoms with Crippen LogP contribution < -0.4 is 0 Å². The summed E-state index contributed by atoms with van der Waals surface area (Å²) in [5.41, 5.74) is 2.83. The number of benzene rings is 1. The first-order valence-electron chi connectivity index (χ1n) is 5.86. The number of hydrogen-bond acceptors (Lipinski definition) is 0. The second kappa shape index (κ2) is 6.64. The van der Waals surface area contributed by atoms with Crippen LogP contribution in [0.2, 0.25) is 0 Å². The Labute approximate surface area is 88.4 Å². The van der Waals surface area contributed by atoms with Crippen molar-refractivity contribution in [3.05, 3.63) is 35.4 Å². The summed E-state index contributed by atoms with van der Waals surface area (Å²) in [7, 11) is 0. The lowest BCUT2D eigenvalue weighted by Crippen LogP contribution is -1.88. The van der Waals surface area contributed by atoms with E-state index in [0.29, 0.717) is 0 Å². The predicted octanol–water partition coefficient (Wildman–Crippen LogP) is 4.17. The van der Waals surface area contributed by atoms with Gasteiger partial charge in [0.2, 0.25) is 0 Å². The van der Waals surface area contributed by atoms with Crippen molar-refractivity contribution >= 4 is 0 Å². The zero-order valence-corrected chi connectivity index (χ0v) is 9.47. The highest BCUT2D eigenvalue weighted by Gasteiger charge is 1.95. The molecule has 1 aromatic carbocycles. The molecule has 14 heavy (non-hydrogen) atoms. The predicted molar refractivity (Wildman–Crippen MR) is 62.5 cm³/mol. The molecule has 77 valence electrons. The van der Waals surface area contributed by atoms with Crippen molar-refractivity contribution in [3.8, 4) is 0 Å². The van der Waals surface area contributed by atoms with E-state index in [0.717, 1.165) is 6.42 Å². The van der Waals surface area contributed by atoms with E-state index in [-0.39, 0.29) is 0 Å². The Morgan fingerprint density at radius 3 is 2.71 bits per heavy atom. The summed E-state index contributed by atoms with van der Waals surface area (Å²) in [5, 5.41) is 0. The van der Waals surface area contributed by atoms with E-state index in [2.05, 4.69) is 38.1 Å². The monoisotopic (exact) mass is 189 g/mol. The minimum absolute atomic E-state index is 1.14. The number of aryl methyl sites for hydroxylation is 2. The van der Waals surface area contributed by atoms with Crippen molar-refractivity contribution in [2.45, 2.75) is 52.4 Å². The van der Waals surface area contributed by atoms with Gasteiger partial charge in [-0.15, -0.1) is 0 Å². The Kier molecular flexibility index (Phi) is 5.36. The quantitative estimate of drug-likeness (QED) is 0.589. The van der Waals surface area contributed by atoms with Gasteiger partial charge in [-0.2, -0.15) is 0 Å². The summed E-state index contributed by atoms with van der Waals surface area (Å²) in [4.78, 5) is 0. The lowest BCUT2D eigenvalue weighted by atomic mass is 10.0.